The predicted octanol–water partition coefficient (Wildman–Crippen LogP) is 4.21. The summed E-state index contributed by atoms with van der Waals surface area (Å²) in [5.74, 6) is 0. The fourth-order valence-electron chi connectivity index (χ4n) is 2.12. The maximum atomic E-state index is 4.63. The molecule has 0 aliphatic rings. The van der Waals surface area contributed by atoms with Gasteiger partial charge in [-0.2, -0.15) is 0 Å². The van der Waals surface area contributed by atoms with Crippen LogP contribution >= 0.6 is 22.7 Å². The minimum atomic E-state index is 0.848. The number of nitrogens with one attached hydrogen (secondary N) is 1. The van der Waals surface area contributed by atoms with Gasteiger partial charge in [0, 0.05) is 18.0 Å². The Morgan fingerprint density at radius 1 is 1.16 bits per heavy atom. The van der Waals surface area contributed by atoms with Crippen molar-refractivity contribution in [3.05, 3.63) is 51.2 Å². The number of thiophene rings is 1. The molecule has 0 atom stereocenters. The maximum absolute atomic E-state index is 4.63. The van der Waals surface area contributed by atoms with Crippen molar-refractivity contribution in [1.82, 2.24) is 10.3 Å². The Morgan fingerprint density at radius 3 is 2.89 bits per heavy atom. The third-order valence-corrected chi connectivity index (χ3v) is 5.12. The first-order valence-electron chi connectivity index (χ1n) is 6.47. The largest absolute Gasteiger partial charge is 0.306 e. The Kier molecular flexibility index (Phi) is 3.92. The molecule has 2 aromatic heterocycles. The minimum absolute atomic E-state index is 0.848. The van der Waals surface area contributed by atoms with E-state index in [4.69, 9.17) is 0 Å². The molecule has 0 spiro atoms. The third kappa shape index (κ3) is 2.86. The molecule has 0 aliphatic carbocycles. The molecule has 3 rings (SSSR count). The minimum Gasteiger partial charge on any atom is -0.306 e. The van der Waals surface area contributed by atoms with Gasteiger partial charge in [0.1, 0.15) is 5.01 Å². The molecule has 0 amide bonds. The standard InChI is InChI=1S/C15H16N2S2/c1-2-11-7-8-18-14(11)9-16-10-15-17-12-5-3-4-6-13(12)19-15/h3-8,16H,2,9-10H2,1H3. The Labute approximate surface area is 121 Å². The van der Waals surface area contributed by atoms with Crippen LogP contribution in [-0.4, -0.2) is 4.98 Å². The Morgan fingerprint density at radius 2 is 2.05 bits per heavy atom. The number of rotatable bonds is 5. The van der Waals surface area contributed by atoms with Crippen molar-refractivity contribution in [2.24, 2.45) is 0 Å². The first-order chi connectivity index (χ1) is 9.36. The molecule has 1 aromatic carbocycles. The second-order valence-corrected chi connectivity index (χ2v) is 6.52. The number of benzene rings is 1. The number of hydrogen-bond acceptors (Lipinski definition) is 4. The van der Waals surface area contributed by atoms with E-state index in [0.717, 1.165) is 30.0 Å². The van der Waals surface area contributed by atoms with Crippen molar-refractivity contribution in [3.63, 3.8) is 0 Å². The summed E-state index contributed by atoms with van der Waals surface area (Å²) in [4.78, 5) is 6.08. The highest BCUT2D eigenvalue weighted by Gasteiger charge is 2.04. The summed E-state index contributed by atoms with van der Waals surface area (Å²) in [6.45, 7) is 4.00. The van der Waals surface area contributed by atoms with Crippen molar-refractivity contribution in [1.29, 1.82) is 0 Å². The smallest absolute Gasteiger partial charge is 0.108 e. The number of hydrogen-bond donors (Lipinski definition) is 1. The Bertz CT molecular complexity index is 636. The van der Waals surface area contributed by atoms with E-state index in [2.05, 4.69) is 46.9 Å². The zero-order chi connectivity index (χ0) is 13.1. The molecule has 0 saturated heterocycles. The highest BCUT2D eigenvalue weighted by Crippen LogP contribution is 2.22. The number of para-hydroxylation sites is 1. The zero-order valence-corrected chi connectivity index (χ0v) is 12.5. The number of nitrogens with zero attached hydrogens (tertiary/aromatic N) is 1. The van der Waals surface area contributed by atoms with Gasteiger partial charge in [0.15, 0.2) is 0 Å². The average Bonchev–Trinajstić information content (AvgIpc) is 3.04. The molecule has 0 aliphatic heterocycles. The van der Waals surface area contributed by atoms with Crippen LogP contribution in [0.5, 0.6) is 0 Å². The molecule has 19 heavy (non-hydrogen) atoms. The topological polar surface area (TPSA) is 24.9 Å². The Balaban J connectivity index is 1.63. The third-order valence-electron chi connectivity index (χ3n) is 3.12. The van der Waals surface area contributed by atoms with E-state index >= 15 is 0 Å². The molecule has 0 radical (unpaired) electrons. The van der Waals surface area contributed by atoms with Crippen LogP contribution in [0.3, 0.4) is 0 Å². The van der Waals surface area contributed by atoms with E-state index in [9.17, 15) is 0 Å². The van der Waals surface area contributed by atoms with Gasteiger partial charge in [-0.1, -0.05) is 19.1 Å². The van der Waals surface area contributed by atoms with Gasteiger partial charge in [-0.05, 0) is 35.6 Å². The van der Waals surface area contributed by atoms with Gasteiger partial charge < -0.3 is 5.32 Å². The van der Waals surface area contributed by atoms with Crippen molar-refractivity contribution >= 4 is 32.9 Å². The normalized spacial score (nSPS) is 11.2. The monoisotopic (exact) mass is 288 g/mol. The van der Waals surface area contributed by atoms with Crippen molar-refractivity contribution in [2.75, 3.05) is 0 Å². The highest BCUT2D eigenvalue weighted by atomic mass is 32.1. The summed E-state index contributed by atoms with van der Waals surface area (Å²) in [7, 11) is 0. The van der Waals surface area contributed by atoms with Crippen LogP contribution in [-0.2, 0) is 19.5 Å². The molecule has 4 heteroatoms. The number of fused-ring (bicyclic) bond motifs is 1. The summed E-state index contributed by atoms with van der Waals surface area (Å²) < 4.78 is 1.27. The molecule has 0 saturated carbocycles. The van der Waals surface area contributed by atoms with Crippen LogP contribution in [0.25, 0.3) is 10.2 Å². The molecule has 0 fully saturated rings. The number of aryl methyl sites for hydroxylation is 1. The summed E-state index contributed by atoms with van der Waals surface area (Å²) in [5.41, 5.74) is 2.57. The predicted molar refractivity (Wildman–Crippen MR) is 83.9 cm³/mol. The van der Waals surface area contributed by atoms with Crippen molar-refractivity contribution in [2.45, 2.75) is 26.4 Å². The van der Waals surface area contributed by atoms with Gasteiger partial charge in [-0.25, -0.2) is 4.98 Å². The van der Waals surface area contributed by atoms with Gasteiger partial charge in [0.05, 0.1) is 10.2 Å². The van der Waals surface area contributed by atoms with E-state index in [1.807, 2.05) is 17.4 Å². The molecule has 3 aromatic rings. The maximum Gasteiger partial charge on any atom is 0.108 e. The number of aromatic nitrogens is 1. The molecular weight excluding hydrogens is 272 g/mol. The Hall–Kier alpha value is -1.23. The van der Waals surface area contributed by atoms with E-state index in [1.165, 1.54) is 15.1 Å². The summed E-state index contributed by atoms with van der Waals surface area (Å²) >= 11 is 3.61. The SMILES string of the molecule is CCc1ccsc1CNCc1nc2ccccc2s1. The second kappa shape index (κ2) is 5.82. The molecule has 2 nitrogen and oxygen atoms in total. The molecular formula is C15H16N2S2. The van der Waals surface area contributed by atoms with Gasteiger partial charge in [-0.3, -0.25) is 0 Å². The zero-order valence-electron chi connectivity index (χ0n) is 10.8. The van der Waals surface area contributed by atoms with Crippen LogP contribution < -0.4 is 5.32 Å². The van der Waals surface area contributed by atoms with Crippen LogP contribution in [0.2, 0.25) is 0 Å². The number of thiazole rings is 1. The fourth-order valence-corrected chi connectivity index (χ4v) is 4.00. The lowest BCUT2D eigenvalue weighted by molar-refractivity contribution is 0.694. The first kappa shape index (κ1) is 12.8. The van der Waals surface area contributed by atoms with Gasteiger partial charge in [0.2, 0.25) is 0 Å². The lowest BCUT2D eigenvalue weighted by Crippen LogP contribution is -2.12. The van der Waals surface area contributed by atoms with Crippen molar-refractivity contribution < 1.29 is 0 Å². The van der Waals surface area contributed by atoms with Gasteiger partial charge >= 0.3 is 0 Å². The molecule has 0 unspecified atom stereocenters. The fraction of sp³-hybridized carbons (Fsp3) is 0.267. The van der Waals surface area contributed by atoms with E-state index in [1.54, 1.807) is 11.3 Å². The van der Waals surface area contributed by atoms with Crippen LogP contribution in [0.4, 0.5) is 0 Å². The molecule has 1 N–H and O–H groups in total. The summed E-state index contributed by atoms with van der Waals surface area (Å²) in [5, 5.41) is 6.84. The van der Waals surface area contributed by atoms with Crippen LogP contribution in [0, 0.1) is 0 Å². The van der Waals surface area contributed by atoms with Crippen LogP contribution in [0.15, 0.2) is 35.7 Å². The lowest BCUT2D eigenvalue weighted by Gasteiger charge is -2.02. The van der Waals surface area contributed by atoms with E-state index in [0.29, 0.717) is 0 Å². The van der Waals surface area contributed by atoms with E-state index in [-0.39, 0.29) is 0 Å². The molecule has 2 heterocycles. The highest BCUT2D eigenvalue weighted by molar-refractivity contribution is 7.18. The van der Waals surface area contributed by atoms with Gasteiger partial charge in [0.25, 0.3) is 0 Å². The second-order valence-electron chi connectivity index (χ2n) is 4.40. The van der Waals surface area contributed by atoms with Gasteiger partial charge in [-0.15, -0.1) is 22.7 Å². The lowest BCUT2D eigenvalue weighted by atomic mass is 10.2. The molecule has 0 bridgehead atoms. The summed E-state index contributed by atoms with van der Waals surface area (Å²) in [6, 6.07) is 10.5. The molecule has 98 valence electrons. The average molecular weight is 288 g/mol. The first-order valence-corrected chi connectivity index (χ1v) is 8.17. The van der Waals surface area contributed by atoms with Crippen LogP contribution in [0.1, 0.15) is 22.4 Å². The van der Waals surface area contributed by atoms with Crippen molar-refractivity contribution in [3.8, 4) is 0 Å². The van der Waals surface area contributed by atoms with E-state index < -0.39 is 0 Å². The summed E-state index contributed by atoms with van der Waals surface area (Å²) in [6.07, 6.45) is 1.11. The quantitative estimate of drug-likeness (QED) is 0.760.